The Morgan fingerprint density at radius 1 is 1.09 bits per heavy atom. The number of carbonyl (C=O) groups excluding carboxylic acids is 1. The average Bonchev–Trinajstić information content (AvgIpc) is 2.79. The van der Waals surface area contributed by atoms with E-state index < -0.39 is 20.7 Å². The smallest absolute Gasteiger partial charge is 0.407 e. The summed E-state index contributed by atoms with van der Waals surface area (Å²) in [6.07, 6.45) is 1.03. The van der Waals surface area contributed by atoms with Gasteiger partial charge in [0.25, 0.3) is 8.53 Å². The van der Waals surface area contributed by atoms with Crippen molar-refractivity contribution >= 4 is 14.6 Å². The van der Waals surface area contributed by atoms with E-state index in [0.29, 0.717) is 32.0 Å². The first-order valence-corrected chi connectivity index (χ1v) is 13.1. The van der Waals surface area contributed by atoms with Crippen molar-refractivity contribution in [2.45, 2.75) is 92.0 Å². The number of hydrogen-bond donors (Lipinski definition) is 1. The van der Waals surface area contributed by atoms with Crippen molar-refractivity contribution in [2.75, 3.05) is 13.2 Å². The lowest BCUT2D eigenvalue weighted by atomic mass is 10.0. The number of hydrogen-bond acceptors (Lipinski definition) is 6. The largest absolute Gasteiger partial charge is 0.449 e. The number of nitriles is 1. The lowest BCUT2D eigenvalue weighted by molar-refractivity contribution is 0.0890. The number of alkyl carbamates (subject to hydrolysis) is 1. The van der Waals surface area contributed by atoms with Crippen LogP contribution in [0.25, 0.3) is 0 Å². The molecule has 0 fully saturated rings. The molecular weight excluding hydrogens is 437 g/mol. The summed E-state index contributed by atoms with van der Waals surface area (Å²) in [6, 6.07) is 12.1. The third-order valence-electron chi connectivity index (χ3n) is 5.30. The molecule has 4 unspecified atom stereocenters. The molecule has 0 bridgehead atoms. The first kappa shape index (κ1) is 29.3. The van der Waals surface area contributed by atoms with Crippen LogP contribution in [-0.4, -0.2) is 42.1 Å². The van der Waals surface area contributed by atoms with Gasteiger partial charge in [0.05, 0.1) is 31.7 Å². The Morgan fingerprint density at radius 2 is 1.73 bits per heavy atom. The van der Waals surface area contributed by atoms with Crippen molar-refractivity contribution in [1.82, 2.24) is 9.99 Å². The van der Waals surface area contributed by atoms with E-state index in [9.17, 15) is 4.79 Å². The highest BCUT2D eigenvalue weighted by Gasteiger charge is 2.34. The first-order valence-electron chi connectivity index (χ1n) is 12.0. The van der Waals surface area contributed by atoms with E-state index >= 15 is 0 Å². The SMILES string of the molecule is CCC(C)COC(=O)NC(CC)C(OP(OCCC#N)N(C(C)C)C(C)C)c1ccccc1. The second-order valence-electron chi connectivity index (χ2n) is 8.75. The summed E-state index contributed by atoms with van der Waals surface area (Å²) in [7, 11) is -1.47. The van der Waals surface area contributed by atoms with E-state index in [1.165, 1.54) is 0 Å². The number of amides is 1. The predicted molar refractivity (Wildman–Crippen MR) is 133 cm³/mol. The van der Waals surface area contributed by atoms with Crippen LogP contribution in [0.4, 0.5) is 4.79 Å². The molecule has 4 atom stereocenters. The molecule has 0 spiro atoms. The molecule has 1 N–H and O–H groups in total. The molecule has 1 rings (SSSR count). The van der Waals surface area contributed by atoms with Gasteiger partial charge in [0.15, 0.2) is 0 Å². The molecule has 0 aliphatic carbocycles. The van der Waals surface area contributed by atoms with Gasteiger partial charge in [-0.05, 0) is 45.6 Å². The number of ether oxygens (including phenoxy) is 1. The molecule has 1 aromatic carbocycles. The Labute approximate surface area is 201 Å². The van der Waals surface area contributed by atoms with Crippen molar-refractivity contribution in [3.63, 3.8) is 0 Å². The Kier molecular flexibility index (Phi) is 14.2. The molecule has 1 aromatic rings. The van der Waals surface area contributed by atoms with E-state index in [1.807, 2.05) is 37.3 Å². The van der Waals surface area contributed by atoms with Crippen LogP contribution >= 0.6 is 8.53 Å². The zero-order valence-electron chi connectivity index (χ0n) is 21.3. The molecule has 1 amide bonds. The molecule has 0 aromatic heterocycles. The van der Waals surface area contributed by atoms with Gasteiger partial charge in [0, 0.05) is 12.1 Å². The standard InChI is InChI=1S/C25H42N3O4P/c1-8-21(7)18-30-25(29)27-23(9-2)24(22-14-11-10-12-15-22)32-33(31-17-13-16-26)28(19(3)4)20(5)6/h10-12,14-15,19-21,23-24H,8-9,13,17-18H2,1-7H3,(H,27,29). The predicted octanol–water partition coefficient (Wildman–Crippen LogP) is 6.57. The van der Waals surface area contributed by atoms with E-state index in [2.05, 4.69) is 57.6 Å². The first-order chi connectivity index (χ1) is 15.7. The molecule has 0 saturated carbocycles. The van der Waals surface area contributed by atoms with Gasteiger partial charge in [-0.15, -0.1) is 0 Å². The summed E-state index contributed by atoms with van der Waals surface area (Å²) in [5.74, 6) is 0.309. The zero-order chi connectivity index (χ0) is 24.8. The molecule has 186 valence electrons. The van der Waals surface area contributed by atoms with Gasteiger partial charge < -0.3 is 19.1 Å². The third kappa shape index (κ3) is 10.4. The van der Waals surface area contributed by atoms with Crippen molar-refractivity contribution in [2.24, 2.45) is 5.92 Å². The number of nitrogens with one attached hydrogen (secondary N) is 1. The average molecular weight is 480 g/mol. The number of rotatable bonds is 15. The third-order valence-corrected chi connectivity index (χ3v) is 7.41. The van der Waals surface area contributed by atoms with Crippen molar-refractivity contribution in [3.8, 4) is 6.07 Å². The summed E-state index contributed by atoms with van der Waals surface area (Å²) < 4.78 is 20.4. The Hall–Kier alpha value is -1.71. The summed E-state index contributed by atoms with van der Waals surface area (Å²) in [5, 5.41) is 12.0. The number of nitrogens with zero attached hydrogens (tertiary/aromatic N) is 2. The van der Waals surface area contributed by atoms with Crippen LogP contribution in [0, 0.1) is 17.2 Å². The van der Waals surface area contributed by atoms with E-state index in [1.54, 1.807) is 0 Å². The van der Waals surface area contributed by atoms with Crippen molar-refractivity contribution in [3.05, 3.63) is 35.9 Å². The topological polar surface area (TPSA) is 83.8 Å². The van der Waals surface area contributed by atoms with Crippen LogP contribution in [0.15, 0.2) is 30.3 Å². The molecule has 7 nitrogen and oxygen atoms in total. The maximum absolute atomic E-state index is 12.6. The van der Waals surface area contributed by atoms with Gasteiger partial charge in [-0.1, -0.05) is 57.5 Å². The Balaban J connectivity index is 3.18. The molecule has 0 aliphatic heterocycles. The van der Waals surface area contributed by atoms with E-state index in [4.69, 9.17) is 19.0 Å². The fraction of sp³-hybridized carbons (Fsp3) is 0.680. The monoisotopic (exact) mass is 479 g/mol. The summed E-state index contributed by atoms with van der Waals surface area (Å²) in [6.45, 7) is 15.2. The molecule has 0 aliphatic rings. The van der Waals surface area contributed by atoms with Gasteiger partial charge in [0.2, 0.25) is 0 Å². The minimum atomic E-state index is -1.47. The molecule has 33 heavy (non-hydrogen) atoms. The summed E-state index contributed by atoms with van der Waals surface area (Å²) >= 11 is 0. The molecule has 0 radical (unpaired) electrons. The van der Waals surface area contributed by atoms with Gasteiger partial charge in [-0.25, -0.2) is 9.46 Å². The van der Waals surface area contributed by atoms with E-state index in [0.717, 1.165) is 12.0 Å². The number of carbonyl (C=O) groups is 1. The normalized spacial score (nSPS) is 15.2. The summed E-state index contributed by atoms with van der Waals surface area (Å²) in [5.41, 5.74) is 0.954. The highest BCUT2D eigenvalue weighted by Crippen LogP contribution is 2.50. The highest BCUT2D eigenvalue weighted by molar-refractivity contribution is 7.44. The minimum Gasteiger partial charge on any atom is -0.449 e. The lowest BCUT2D eigenvalue weighted by Crippen LogP contribution is -2.41. The van der Waals surface area contributed by atoms with Crippen LogP contribution in [0.3, 0.4) is 0 Å². The van der Waals surface area contributed by atoms with Gasteiger partial charge in [-0.2, -0.15) is 5.26 Å². The van der Waals surface area contributed by atoms with Crippen LogP contribution in [0.5, 0.6) is 0 Å². The second kappa shape index (κ2) is 16.0. The van der Waals surface area contributed by atoms with Crippen LogP contribution in [-0.2, 0) is 13.8 Å². The van der Waals surface area contributed by atoms with Gasteiger partial charge in [0.1, 0.15) is 6.10 Å². The molecule has 0 heterocycles. The minimum absolute atomic E-state index is 0.183. The Bertz CT molecular complexity index is 703. The van der Waals surface area contributed by atoms with E-state index in [-0.39, 0.29) is 18.1 Å². The maximum atomic E-state index is 12.6. The second-order valence-corrected chi connectivity index (χ2v) is 10.2. The fourth-order valence-corrected chi connectivity index (χ4v) is 5.09. The van der Waals surface area contributed by atoms with Crippen LogP contribution < -0.4 is 5.32 Å². The lowest BCUT2D eigenvalue weighted by Gasteiger charge is -2.39. The highest BCUT2D eigenvalue weighted by atomic mass is 31.2. The summed E-state index contributed by atoms with van der Waals surface area (Å²) in [4.78, 5) is 12.6. The van der Waals surface area contributed by atoms with Gasteiger partial charge in [-0.3, -0.25) is 0 Å². The van der Waals surface area contributed by atoms with Crippen molar-refractivity contribution in [1.29, 1.82) is 5.26 Å². The molecule has 0 saturated heterocycles. The molecule has 8 heteroatoms. The maximum Gasteiger partial charge on any atom is 0.407 e. The fourth-order valence-electron chi connectivity index (χ4n) is 3.32. The Morgan fingerprint density at radius 3 is 2.24 bits per heavy atom. The van der Waals surface area contributed by atoms with Crippen molar-refractivity contribution < 1.29 is 18.6 Å². The quantitative estimate of drug-likeness (QED) is 0.226. The number of benzene rings is 1. The molecular formula is C25H42N3O4P. The van der Waals surface area contributed by atoms with Crippen LogP contribution in [0.2, 0.25) is 0 Å². The van der Waals surface area contributed by atoms with Gasteiger partial charge >= 0.3 is 6.09 Å². The zero-order valence-corrected chi connectivity index (χ0v) is 22.2. The van der Waals surface area contributed by atoms with Crippen LogP contribution in [0.1, 0.15) is 79.4 Å².